The van der Waals surface area contributed by atoms with E-state index in [1.807, 2.05) is 0 Å². The summed E-state index contributed by atoms with van der Waals surface area (Å²) in [6.45, 7) is 5.58. The molecule has 0 radical (unpaired) electrons. The van der Waals surface area contributed by atoms with Gasteiger partial charge in [-0.1, -0.05) is 18.3 Å². The first-order valence-electron chi connectivity index (χ1n) is 5.62. The molecule has 15 heavy (non-hydrogen) atoms. The van der Waals surface area contributed by atoms with E-state index in [-0.39, 0.29) is 6.61 Å². The summed E-state index contributed by atoms with van der Waals surface area (Å²) in [5.74, 6) is 0. The van der Waals surface area contributed by atoms with Crippen LogP contribution in [0.25, 0.3) is 0 Å². The van der Waals surface area contributed by atoms with Gasteiger partial charge in [0.05, 0.1) is 17.2 Å². The van der Waals surface area contributed by atoms with Crippen LogP contribution in [0.1, 0.15) is 37.3 Å². The minimum atomic E-state index is 0.128. The van der Waals surface area contributed by atoms with Crippen LogP contribution in [0.4, 0.5) is 5.13 Å². The number of aryl methyl sites for hydroxylation is 1. The molecule has 2 heterocycles. The average Bonchev–Trinajstić information content (AvgIpc) is 2.82. The highest BCUT2D eigenvalue weighted by atomic mass is 32.1. The van der Waals surface area contributed by atoms with Gasteiger partial charge in [-0.15, -0.1) is 0 Å². The zero-order valence-electron chi connectivity index (χ0n) is 9.36. The monoisotopic (exact) mass is 226 g/mol. The Balaban J connectivity index is 2.24. The van der Waals surface area contributed by atoms with E-state index in [4.69, 9.17) is 0 Å². The van der Waals surface area contributed by atoms with Gasteiger partial charge in [0.2, 0.25) is 0 Å². The molecule has 1 atom stereocenters. The van der Waals surface area contributed by atoms with Gasteiger partial charge in [0.15, 0.2) is 5.13 Å². The number of nitrogens with zero attached hydrogens (tertiary/aromatic N) is 2. The number of aliphatic hydroxyl groups is 1. The summed E-state index contributed by atoms with van der Waals surface area (Å²) in [7, 11) is 0. The molecule has 2 rings (SSSR count). The molecule has 0 aromatic carbocycles. The molecule has 3 nitrogen and oxygen atoms in total. The second-order valence-corrected chi connectivity index (χ2v) is 5.12. The van der Waals surface area contributed by atoms with E-state index in [2.05, 4.69) is 23.7 Å². The number of rotatable bonds is 3. The van der Waals surface area contributed by atoms with E-state index >= 15 is 0 Å². The van der Waals surface area contributed by atoms with Crippen LogP contribution in [0.5, 0.6) is 0 Å². The molecule has 1 N–H and O–H groups in total. The van der Waals surface area contributed by atoms with Crippen molar-refractivity contribution in [2.75, 3.05) is 11.4 Å². The molecule has 1 fully saturated rings. The fourth-order valence-electron chi connectivity index (χ4n) is 2.11. The lowest BCUT2D eigenvalue weighted by Crippen LogP contribution is -2.25. The normalized spacial score (nSPS) is 21.3. The maximum atomic E-state index is 9.22. The molecule has 0 bridgehead atoms. The Morgan fingerprint density at radius 3 is 2.87 bits per heavy atom. The summed E-state index contributed by atoms with van der Waals surface area (Å²) < 4.78 is 0. The van der Waals surface area contributed by atoms with Gasteiger partial charge in [0.1, 0.15) is 0 Å². The number of aromatic nitrogens is 1. The number of hydrogen-bond acceptors (Lipinski definition) is 4. The zero-order valence-corrected chi connectivity index (χ0v) is 10.2. The summed E-state index contributed by atoms with van der Waals surface area (Å²) in [6.07, 6.45) is 3.43. The van der Waals surface area contributed by atoms with E-state index in [0.29, 0.717) is 6.04 Å². The molecule has 1 unspecified atom stereocenters. The van der Waals surface area contributed by atoms with Crippen molar-refractivity contribution in [3.05, 3.63) is 10.6 Å². The quantitative estimate of drug-likeness (QED) is 0.858. The van der Waals surface area contributed by atoms with E-state index in [1.165, 1.54) is 12.8 Å². The number of aliphatic hydroxyl groups excluding tert-OH is 1. The largest absolute Gasteiger partial charge is 0.391 e. The zero-order chi connectivity index (χ0) is 10.8. The second-order valence-electron chi connectivity index (χ2n) is 4.06. The molecule has 1 aliphatic rings. The van der Waals surface area contributed by atoms with Crippen LogP contribution < -0.4 is 4.90 Å². The molecular formula is C11H18N2OS. The lowest BCUT2D eigenvalue weighted by atomic mass is 10.2. The fraction of sp³-hybridized carbons (Fsp3) is 0.727. The van der Waals surface area contributed by atoms with Gasteiger partial charge in [-0.2, -0.15) is 0 Å². The summed E-state index contributed by atoms with van der Waals surface area (Å²) >= 11 is 1.65. The topological polar surface area (TPSA) is 36.4 Å². The predicted molar refractivity (Wildman–Crippen MR) is 63.5 cm³/mol. The molecule has 84 valence electrons. The fourth-order valence-corrected chi connectivity index (χ4v) is 3.25. The Hall–Kier alpha value is -0.610. The number of anilines is 1. The summed E-state index contributed by atoms with van der Waals surface area (Å²) in [4.78, 5) is 8.01. The van der Waals surface area contributed by atoms with Crippen molar-refractivity contribution in [3.63, 3.8) is 0 Å². The highest BCUT2D eigenvalue weighted by Crippen LogP contribution is 2.31. The third-order valence-corrected chi connectivity index (χ3v) is 4.16. The summed E-state index contributed by atoms with van der Waals surface area (Å²) in [5, 5.41) is 10.3. The summed E-state index contributed by atoms with van der Waals surface area (Å²) in [6, 6.07) is 0.604. The Morgan fingerprint density at radius 1 is 1.60 bits per heavy atom. The van der Waals surface area contributed by atoms with Gasteiger partial charge in [-0.3, -0.25) is 0 Å². The maximum Gasteiger partial charge on any atom is 0.186 e. The first-order valence-corrected chi connectivity index (χ1v) is 6.44. The molecule has 1 aliphatic heterocycles. The van der Waals surface area contributed by atoms with Gasteiger partial charge in [0, 0.05) is 12.6 Å². The van der Waals surface area contributed by atoms with Crippen LogP contribution >= 0.6 is 11.3 Å². The van der Waals surface area contributed by atoms with E-state index in [9.17, 15) is 5.11 Å². The Labute approximate surface area is 94.8 Å². The Kier molecular flexibility index (Phi) is 3.26. The van der Waals surface area contributed by atoms with E-state index < -0.39 is 0 Å². The third-order valence-electron chi connectivity index (χ3n) is 3.04. The van der Waals surface area contributed by atoms with Crippen LogP contribution in [-0.4, -0.2) is 22.7 Å². The van der Waals surface area contributed by atoms with Crippen LogP contribution in [-0.2, 0) is 13.0 Å². The third kappa shape index (κ3) is 2.01. The van der Waals surface area contributed by atoms with Crippen LogP contribution in [0, 0.1) is 0 Å². The molecule has 4 heteroatoms. The van der Waals surface area contributed by atoms with E-state index in [1.54, 1.807) is 11.3 Å². The Bertz CT molecular complexity index is 316. The lowest BCUT2D eigenvalue weighted by molar-refractivity contribution is 0.284. The van der Waals surface area contributed by atoms with Crippen LogP contribution in [0.3, 0.4) is 0 Å². The van der Waals surface area contributed by atoms with Crippen molar-refractivity contribution < 1.29 is 5.11 Å². The second kappa shape index (κ2) is 4.49. The minimum absolute atomic E-state index is 0.128. The lowest BCUT2D eigenvalue weighted by Gasteiger charge is -2.19. The molecular weight excluding hydrogens is 208 g/mol. The van der Waals surface area contributed by atoms with Crippen molar-refractivity contribution in [2.24, 2.45) is 0 Å². The highest BCUT2D eigenvalue weighted by Gasteiger charge is 2.24. The summed E-state index contributed by atoms with van der Waals surface area (Å²) in [5.41, 5.74) is 1.07. The highest BCUT2D eigenvalue weighted by molar-refractivity contribution is 7.15. The van der Waals surface area contributed by atoms with Gasteiger partial charge >= 0.3 is 0 Å². The van der Waals surface area contributed by atoms with Crippen molar-refractivity contribution in [2.45, 2.75) is 45.8 Å². The van der Waals surface area contributed by atoms with Crippen LogP contribution in [0.2, 0.25) is 0 Å². The standard InChI is InChI=1S/C11H18N2OS/c1-3-9-10(7-14)15-11(12-9)13-6-4-5-8(13)2/h8,14H,3-7H2,1-2H3. The first kappa shape index (κ1) is 10.9. The average molecular weight is 226 g/mol. The van der Waals surface area contributed by atoms with Crippen molar-refractivity contribution in [1.29, 1.82) is 0 Å². The van der Waals surface area contributed by atoms with Crippen LogP contribution in [0.15, 0.2) is 0 Å². The molecule has 1 aromatic rings. The minimum Gasteiger partial charge on any atom is -0.391 e. The molecule has 1 saturated heterocycles. The smallest absolute Gasteiger partial charge is 0.186 e. The molecule has 1 aromatic heterocycles. The van der Waals surface area contributed by atoms with Gasteiger partial charge in [-0.05, 0) is 26.2 Å². The first-order chi connectivity index (χ1) is 7.26. The van der Waals surface area contributed by atoms with Gasteiger partial charge < -0.3 is 10.0 Å². The molecule has 0 spiro atoms. The Morgan fingerprint density at radius 2 is 2.40 bits per heavy atom. The predicted octanol–water partition coefficient (Wildman–Crippen LogP) is 2.19. The number of hydrogen-bond donors (Lipinski definition) is 1. The van der Waals surface area contributed by atoms with E-state index in [0.717, 1.165) is 28.7 Å². The SMILES string of the molecule is CCc1nc(N2CCCC2C)sc1CO. The van der Waals surface area contributed by atoms with Crippen molar-refractivity contribution >= 4 is 16.5 Å². The number of thiazole rings is 1. The molecule has 0 saturated carbocycles. The van der Waals surface area contributed by atoms with Crippen molar-refractivity contribution in [3.8, 4) is 0 Å². The van der Waals surface area contributed by atoms with Gasteiger partial charge in [0.25, 0.3) is 0 Å². The molecule has 0 aliphatic carbocycles. The van der Waals surface area contributed by atoms with Crippen molar-refractivity contribution in [1.82, 2.24) is 4.98 Å². The van der Waals surface area contributed by atoms with Gasteiger partial charge in [-0.25, -0.2) is 4.98 Å². The molecule has 0 amide bonds. The maximum absolute atomic E-state index is 9.22.